The lowest BCUT2D eigenvalue weighted by Crippen LogP contribution is -2.52. The molecule has 6 aromatic rings. The quantitative estimate of drug-likeness (QED) is 0.0549. The number of Topliss-reactive ketones (excluding diaryl/α,β-unsaturated/α-hetero) is 1. The third-order valence-electron chi connectivity index (χ3n) is 12.9. The van der Waals surface area contributed by atoms with Gasteiger partial charge in [-0.1, -0.05) is 39.3 Å². The van der Waals surface area contributed by atoms with E-state index in [1.165, 1.54) is 0 Å². The predicted molar refractivity (Wildman–Crippen MR) is 241 cm³/mol. The number of rotatable bonds is 16. The van der Waals surface area contributed by atoms with Crippen LogP contribution in [-0.2, 0) is 53.9 Å². The molecule has 10 rings (SSSR count). The number of hydrogen-bond acceptors (Lipinski definition) is 11. The highest BCUT2D eigenvalue weighted by atomic mass is 79.9. The second-order valence-corrected chi connectivity index (χ2v) is 32.4. The van der Waals surface area contributed by atoms with Gasteiger partial charge in [-0.15, -0.1) is 0 Å². The van der Waals surface area contributed by atoms with E-state index in [4.69, 9.17) is 29.6 Å². The van der Waals surface area contributed by atoms with Gasteiger partial charge in [0.05, 0.1) is 44.9 Å². The summed E-state index contributed by atoms with van der Waals surface area (Å²) in [5, 5.41) is 17.6. The Hall–Kier alpha value is -3.44. The molecule has 0 unspecified atom stereocenters. The van der Waals surface area contributed by atoms with Gasteiger partial charge in [0.15, 0.2) is 17.4 Å². The van der Waals surface area contributed by atoms with Crippen LogP contribution in [-0.4, -0.2) is 105 Å². The van der Waals surface area contributed by atoms with Crippen LogP contribution in [0.5, 0.6) is 0 Å². The molecule has 0 aromatic carbocycles. The first-order chi connectivity index (χ1) is 28.6. The van der Waals surface area contributed by atoms with Crippen LogP contribution in [0.25, 0.3) is 44.8 Å². The summed E-state index contributed by atoms with van der Waals surface area (Å²) in [5.41, 5.74) is 6.47. The van der Waals surface area contributed by atoms with Gasteiger partial charge in [-0.25, -0.2) is 19.9 Å². The molecule has 2 aliphatic carbocycles. The van der Waals surface area contributed by atoms with Crippen molar-refractivity contribution >= 4 is 75.6 Å². The van der Waals surface area contributed by atoms with Gasteiger partial charge in [0.1, 0.15) is 34.1 Å². The SMILES string of the molecule is C[Si](C)(C)CCOCn1c(-c2n[nH]c3cc(Br)ncc23)nc2c1CN(C1(C(=O)C3(N4Cc5nc(-c6n[nH]c7cc(Br)ncc67)n(COCC[Si](C)(C)C)c5C4)CC3)CC1)C2. The summed E-state index contributed by atoms with van der Waals surface area (Å²) in [4.78, 5) is 39.4. The third-order valence-corrected chi connectivity index (χ3v) is 17.1. The van der Waals surface area contributed by atoms with E-state index in [1.54, 1.807) is 0 Å². The molecular weight excluding hydrogens is 925 g/mol. The first-order valence-corrected chi connectivity index (χ1v) is 30.0. The van der Waals surface area contributed by atoms with E-state index in [2.05, 4.69) is 110 Å². The van der Waals surface area contributed by atoms with Gasteiger partial charge in [-0.3, -0.25) is 24.8 Å². The van der Waals surface area contributed by atoms with E-state index >= 15 is 4.79 Å². The molecule has 0 radical (unpaired) electrons. The van der Waals surface area contributed by atoms with Crippen molar-refractivity contribution in [3.63, 3.8) is 0 Å². The zero-order valence-corrected chi connectivity index (χ0v) is 40.3. The zero-order valence-electron chi connectivity index (χ0n) is 35.2. The number of hydrogen-bond donors (Lipinski definition) is 2. The monoisotopic (exact) mass is 974 g/mol. The zero-order chi connectivity index (χ0) is 41.8. The fourth-order valence-electron chi connectivity index (χ4n) is 8.99. The fraction of sp³-hybridized carbons (Fsp3) is 0.537. The van der Waals surface area contributed by atoms with Crippen molar-refractivity contribution in [3.05, 3.63) is 56.5 Å². The Bertz CT molecular complexity index is 2470. The van der Waals surface area contributed by atoms with E-state index in [1.807, 2.05) is 24.5 Å². The van der Waals surface area contributed by atoms with Gasteiger partial charge in [-0.2, -0.15) is 10.2 Å². The van der Waals surface area contributed by atoms with Gasteiger partial charge < -0.3 is 18.6 Å². The van der Waals surface area contributed by atoms with Crippen molar-refractivity contribution in [2.75, 3.05) is 13.2 Å². The summed E-state index contributed by atoms with van der Waals surface area (Å²) in [7, 11) is -2.56. The Morgan fingerprint density at radius 3 is 1.48 bits per heavy atom. The maximum Gasteiger partial charge on any atom is 0.173 e. The Labute approximate surface area is 367 Å². The van der Waals surface area contributed by atoms with Crippen molar-refractivity contribution in [1.82, 2.24) is 59.3 Å². The van der Waals surface area contributed by atoms with Gasteiger partial charge in [-0.05, 0) is 81.8 Å². The fourth-order valence-corrected chi connectivity index (χ4v) is 11.2. The van der Waals surface area contributed by atoms with Gasteiger partial charge in [0.25, 0.3) is 0 Å². The van der Waals surface area contributed by atoms with Crippen LogP contribution in [0.15, 0.2) is 33.7 Å². The lowest BCUT2D eigenvalue weighted by atomic mass is 9.98. The Morgan fingerprint density at radius 2 is 1.10 bits per heavy atom. The van der Waals surface area contributed by atoms with Gasteiger partial charge >= 0.3 is 0 Å². The third kappa shape index (κ3) is 7.29. The summed E-state index contributed by atoms with van der Waals surface area (Å²) in [5.74, 6) is 1.90. The molecule has 316 valence electrons. The van der Waals surface area contributed by atoms with Crippen molar-refractivity contribution in [1.29, 1.82) is 0 Å². The van der Waals surface area contributed by atoms with Crippen LogP contribution >= 0.6 is 31.9 Å². The second-order valence-electron chi connectivity index (χ2n) is 19.6. The molecule has 2 fully saturated rings. The molecule has 6 aromatic heterocycles. The minimum absolute atomic E-state index is 0.353. The largest absolute Gasteiger partial charge is 0.361 e. The average Bonchev–Trinajstić information content (AvgIpc) is 3.73. The highest BCUT2D eigenvalue weighted by molar-refractivity contribution is 9.10. The van der Waals surface area contributed by atoms with E-state index in [-0.39, 0.29) is 0 Å². The van der Waals surface area contributed by atoms with E-state index in [0.717, 1.165) is 115 Å². The van der Waals surface area contributed by atoms with Crippen LogP contribution in [0.3, 0.4) is 0 Å². The number of halogens is 2. The summed E-state index contributed by atoms with van der Waals surface area (Å²) in [6, 6.07) is 6.02. The molecule has 60 heavy (non-hydrogen) atoms. The molecule has 19 heteroatoms. The van der Waals surface area contributed by atoms with Crippen LogP contribution < -0.4 is 0 Å². The molecule has 4 aliphatic rings. The number of aromatic amines is 2. The van der Waals surface area contributed by atoms with Crippen molar-refractivity contribution in [2.24, 2.45) is 0 Å². The number of carbonyl (C=O) groups is 1. The number of H-pyrrole nitrogens is 2. The Kier molecular flexibility index (Phi) is 10.1. The van der Waals surface area contributed by atoms with Crippen LogP contribution in [0, 0.1) is 0 Å². The molecule has 0 spiro atoms. The van der Waals surface area contributed by atoms with Gasteiger partial charge in [0.2, 0.25) is 0 Å². The molecule has 0 atom stereocenters. The van der Waals surface area contributed by atoms with Crippen LogP contribution in [0.1, 0.15) is 48.5 Å². The van der Waals surface area contributed by atoms with Crippen LogP contribution in [0.4, 0.5) is 0 Å². The number of fused-ring (bicyclic) bond motifs is 4. The molecular formula is C41H52Br2N12O3Si2. The molecule has 8 heterocycles. The lowest BCUT2D eigenvalue weighted by molar-refractivity contribution is -0.133. The summed E-state index contributed by atoms with van der Waals surface area (Å²) in [6.07, 6.45) is 7.10. The molecule has 15 nitrogen and oxygen atoms in total. The number of nitrogens with zero attached hydrogens (tertiary/aromatic N) is 10. The minimum Gasteiger partial charge on any atom is -0.361 e. The average molecular weight is 977 g/mol. The molecule has 0 bridgehead atoms. The highest BCUT2D eigenvalue weighted by Crippen LogP contribution is 2.57. The molecule has 0 amide bonds. The van der Waals surface area contributed by atoms with E-state index in [0.29, 0.717) is 58.6 Å². The number of nitrogens with one attached hydrogen (secondary N) is 2. The standard InChI is InChI=1S/C41H52Br2N12O3Si2/c1-59(2,3)13-11-57-23-54-31-21-52(19-29(31)46-37(54)35-25-17-44-33(42)15-27(25)48-50-35)40(7-8-40)39(56)41(9-10-41)53-20-30-32(22-53)55(24-58-12-14-60(4,5)6)38(47-30)36-26-18-45-34(43)16-28(26)49-51-36/h15-18H,7-14,19-24H2,1-6H3,(H,48,50)(H,49,51). The van der Waals surface area contributed by atoms with Crippen molar-refractivity contribution in [3.8, 4) is 23.0 Å². The first-order valence-electron chi connectivity index (χ1n) is 21.0. The van der Waals surface area contributed by atoms with E-state index in [9.17, 15) is 0 Å². The molecule has 2 saturated carbocycles. The number of ether oxygens (including phenoxy) is 2. The minimum atomic E-state index is -1.28. The molecule has 2 aliphatic heterocycles. The smallest absolute Gasteiger partial charge is 0.173 e. The highest BCUT2D eigenvalue weighted by Gasteiger charge is 2.67. The van der Waals surface area contributed by atoms with E-state index < -0.39 is 27.2 Å². The molecule has 2 N–H and O–H groups in total. The molecule has 0 saturated heterocycles. The second kappa shape index (κ2) is 14.8. The number of aromatic nitrogens is 10. The Balaban J connectivity index is 0.903. The Morgan fingerprint density at radius 1 is 0.683 bits per heavy atom. The maximum absolute atomic E-state index is 15.1. The van der Waals surface area contributed by atoms with Crippen molar-refractivity contribution < 1.29 is 14.3 Å². The van der Waals surface area contributed by atoms with Crippen molar-refractivity contribution in [2.45, 2.75) is 128 Å². The number of pyridine rings is 2. The first kappa shape index (κ1) is 40.6. The van der Waals surface area contributed by atoms with Gasteiger partial charge in [0, 0.05) is 78.7 Å². The lowest BCUT2D eigenvalue weighted by Gasteiger charge is -2.34. The summed E-state index contributed by atoms with van der Waals surface area (Å²) >= 11 is 6.97. The maximum atomic E-state index is 15.1. The topological polar surface area (TPSA) is 161 Å². The number of imidazole rings is 2. The summed E-state index contributed by atoms with van der Waals surface area (Å²) < 4.78 is 18.6. The summed E-state index contributed by atoms with van der Waals surface area (Å²) in [6.45, 7) is 18.9. The predicted octanol–water partition coefficient (Wildman–Crippen LogP) is 8.07. The number of carbonyl (C=O) groups excluding carboxylic acids is 1. The normalized spacial score (nSPS) is 18.5. The van der Waals surface area contributed by atoms with Crippen LogP contribution in [0.2, 0.25) is 51.4 Å². The number of ketones is 1.